The molecule has 3 aromatic rings. The van der Waals surface area contributed by atoms with E-state index in [1.165, 1.54) is 32.1 Å². The molecule has 1 saturated carbocycles. The third-order valence-corrected chi connectivity index (χ3v) is 6.03. The summed E-state index contributed by atoms with van der Waals surface area (Å²) in [5.74, 6) is 1.10. The summed E-state index contributed by atoms with van der Waals surface area (Å²) < 4.78 is 0. The number of pyridine rings is 1. The molecule has 31 heavy (non-hydrogen) atoms. The van der Waals surface area contributed by atoms with Crippen LogP contribution in [-0.4, -0.2) is 10.8 Å². The molecule has 0 aliphatic heterocycles. The first-order valence-corrected chi connectivity index (χ1v) is 11.3. The first kappa shape index (κ1) is 21.0. The van der Waals surface area contributed by atoms with E-state index in [2.05, 4.69) is 46.7 Å². The maximum absolute atomic E-state index is 12.6. The predicted molar refractivity (Wildman–Crippen MR) is 129 cm³/mol. The number of hydrogen-bond donors (Lipinski definition) is 1. The quantitative estimate of drug-likeness (QED) is 0.371. The van der Waals surface area contributed by atoms with Crippen molar-refractivity contribution >= 4 is 29.3 Å². The lowest BCUT2D eigenvalue weighted by atomic mass is 9.98. The van der Waals surface area contributed by atoms with E-state index in [0.717, 1.165) is 40.4 Å². The number of benzene rings is 2. The van der Waals surface area contributed by atoms with Crippen LogP contribution in [0.5, 0.6) is 0 Å². The molecule has 1 N–H and O–H groups in total. The van der Waals surface area contributed by atoms with Crippen LogP contribution in [0.3, 0.4) is 0 Å². The fraction of sp³-hybridized carbons (Fsp3) is 0.286. The largest absolute Gasteiger partial charge is 0.356 e. The Labute approximate surface area is 185 Å². The molecule has 2 aromatic carbocycles. The van der Waals surface area contributed by atoms with Gasteiger partial charge in [0, 0.05) is 35.8 Å². The average Bonchev–Trinajstić information content (AvgIpc) is 3.33. The van der Waals surface area contributed by atoms with Gasteiger partial charge >= 0.3 is 0 Å². The third-order valence-electron chi connectivity index (χ3n) is 6.03. The topological polar surface area (TPSA) is 42.0 Å². The minimum Gasteiger partial charge on any atom is -0.356 e. The number of Topliss-reactive ketones (excluding diaryl/α,β-unsaturated/α-hetero) is 1. The van der Waals surface area contributed by atoms with Crippen molar-refractivity contribution in [1.29, 1.82) is 0 Å². The lowest BCUT2D eigenvalue weighted by Crippen LogP contribution is -2.02. The molecular formula is C28H30N2O. The SMILES string of the molecule is O=C(CCCC1CCCC1)c1cccc(Nc2ccc(/C=C/c3cccnc3)cc2)c1. The normalized spacial score (nSPS) is 14.2. The summed E-state index contributed by atoms with van der Waals surface area (Å²) in [7, 11) is 0. The monoisotopic (exact) mass is 410 g/mol. The smallest absolute Gasteiger partial charge is 0.162 e. The number of nitrogens with zero attached hydrogens (tertiary/aromatic N) is 1. The lowest BCUT2D eigenvalue weighted by molar-refractivity contribution is 0.0977. The van der Waals surface area contributed by atoms with Crippen molar-refractivity contribution in [1.82, 2.24) is 4.98 Å². The van der Waals surface area contributed by atoms with Gasteiger partial charge in [0.2, 0.25) is 0 Å². The zero-order chi connectivity index (χ0) is 21.3. The van der Waals surface area contributed by atoms with Gasteiger partial charge in [0.25, 0.3) is 0 Å². The highest BCUT2D eigenvalue weighted by atomic mass is 16.1. The average molecular weight is 411 g/mol. The number of anilines is 2. The van der Waals surface area contributed by atoms with Gasteiger partial charge in [-0.1, -0.05) is 74.6 Å². The minimum atomic E-state index is 0.248. The van der Waals surface area contributed by atoms with E-state index in [-0.39, 0.29) is 5.78 Å². The molecule has 1 heterocycles. The van der Waals surface area contributed by atoms with Gasteiger partial charge in [-0.05, 0) is 53.8 Å². The Kier molecular flexibility index (Phi) is 7.28. The fourth-order valence-electron chi connectivity index (χ4n) is 4.28. The molecule has 0 saturated heterocycles. The van der Waals surface area contributed by atoms with Crippen LogP contribution >= 0.6 is 0 Å². The fourth-order valence-corrected chi connectivity index (χ4v) is 4.28. The van der Waals surface area contributed by atoms with Crippen molar-refractivity contribution < 1.29 is 4.79 Å². The first-order valence-electron chi connectivity index (χ1n) is 11.3. The number of carbonyl (C=O) groups is 1. The van der Waals surface area contributed by atoms with Gasteiger partial charge in [0.1, 0.15) is 0 Å². The summed E-state index contributed by atoms with van der Waals surface area (Å²) in [6, 6.07) is 20.1. The minimum absolute atomic E-state index is 0.248. The Balaban J connectivity index is 1.31. The highest BCUT2D eigenvalue weighted by Crippen LogP contribution is 2.29. The van der Waals surface area contributed by atoms with Crippen LogP contribution in [0.15, 0.2) is 73.1 Å². The van der Waals surface area contributed by atoms with Gasteiger partial charge in [-0.3, -0.25) is 9.78 Å². The van der Waals surface area contributed by atoms with Crippen LogP contribution in [-0.2, 0) is 0 Å². The summed E-state index contributed by atoms with van der Waals surface area (Å²) >= 11 is 0. The molecule has 1 aromatic heterocycles. The Morgan fingerprint density at radius 1 is 0.935 bits per heavy atom. The summed E-state index contributed by atoms with van der Waals surface area (Å²) in [6.07, 6.45) is 16.0. The predicted octanol–water partition coefficient (Wildman–Crippen LogP) is 7.54. The second-order valence-electron chi connectivity index (χ2n) is 8.41. The number of nitrogens with one attached hydrogen (secondary N) is 1. The summed E-state index contributed by atoms with van der Waals surface area (Å²) in [5.41, 5.74) is 4.95. The number of carbonyl (C=O) groups excluding carboxylic acids is 1. The van der Waals surface area contributed by atoms with Crippen LogP contribution in [0.4, 0.5) is 11.4 Å². The number of ketones is 1. The van der Waals surface area contributed by atoms with E-state index in [9.17, 15) is 4.79 Å². The van der Waals surface area contributed by atoms with Gasteiger partial charge in [0.05, 0.1) is 0 Å². The summed E-state index contributed by atoms with van der Waals surface area (Å²) in [6.45, 7) is 0. The van der Waals surface area contributed by atoms with Gasteiger partial charge in [-0.15, -0.1) is 0 Å². The Bertz CT molecular complexity index is 1000. The van der Waals surface area contributed by atoms with E-state index in [1.807, 2.05) is 42.6 Å². The Morgan fingerprint density at radius 3 is 2.52 bits per heavy atom. The first-order chi connectivity index (χ1) is 15.3. The molecule has 0 atom stereocenters. The summed E-state index contributed by atoms with van der Waals surface area (Å²) in [4.78, 5) is 16.7. The van der Waals surface area contributed by atoms with Crippen LogP contribution in [0.1, 0.15) is 66.4 Å². The van der Waals surface area contributed by atoms with Gasteiger partial charge in [-0.2, -0.15) is 0 Å². The van der Waals surface area contributed by atoms with E-state index in [4.69, 9.17) is 0 Å². The second kappa shape index (κ2) is 10.7. The number of hydrogen-bond acceptors (Lipinski definition) is 3. The van der Waals surface area contributed by atoms with Crippen molar-refractivity contribution in [3.8, 4) is 0 Å². The van der Waals surface area contributed by atoms with Crippen molar-refractivity contribution in [2.24, 2.45) is 5.92 Å². The van der Waals surface area contributed by atoms with Crippen LogP contribution in [0.25, 0.3) is 12.2 Å². The molecule has 3 heteroatoms. The van der Waals surface area contributed by atoms with Crippen LogP contribution < -0.4 is 5.32 Å². The zero-order valence-electron chi connectivity index (χ0n) is 18.0. The van der Waals surface area contributed by atoms with Crippen molar-refractivity contribution in [2.45, 2.75) is 44.9 Å². The molecule has 0 radical (unpaired) electrons. The molecule has 0 spiro atoms. The molecule has 0 unspecified atom stereocenters. The molecule has 1 fully saturated rings. The van der Waals surface area contributed by atoms with Gasteiger partial charge in [0.15, 0.2) is 5.78 Å². The molecule has 1 aliphatic rings. The highest BCUT2D eigenvalue weighted by Gasteiger charge is 2.15. The summed E-state index contributed by atoms with van der Waals surface area (Å²) in [5, 5.41) is 3.41. The van der Waals surface area contributed by atoms with Crippen molar-refractivity contribution in [3.05, 3.63) is 89.7 Å². The molecule has 1 aliphatic carbocycles. The van der Waals surface area contributed by atoms with E-state index >= 15 is 0 Å². The molecule has 0 bridgehead atoms. The highest BCUT2D eigenvalue weighted by molar-refractivity contribution is 5.97. The number of aromatic nitrogens is 1. The second-order valence-corrected chi connectivity index (χ2v) is 8.41. The standard InChI is InChI=1S/C28H30N2O/c31-28(12-3-8-22-6-1-2-7-22)25-10-4-11-27(20-25)30-26-17-15-23(16-18-26)13-14-24-9-5-19-29-21-24/h4-5,9-11,13-22,30H,1-3,6-8,12H2/b14-13+. The lowest BCUT2D eigenvalue weighted by Gasteiger charge is -2.10. The zero-order valence-corrected chi connectivity index (χ0v) is 18.0. The molecule has 3 nitrogen and oxygen atoms in total. The third kappa shape index (κ3) is 6.39. The molecular weight excluding hydrogens is 380 g/mol. The van der Waals surface area contributed by atoms with E-state index in [0.29, 0.717) is 6.42 Å². The Morgan fingerprint density at radius 2 is 1.74 bits per heavy atom. The molecule has 0 amide bonds. The van der Waals surface area contributed by atoms with Crippen LogP contribution in [0.2, 0.25) is 0 Å². The van der Waals surface area contributed by atoms with E-state index < -0.39 is 0 Å². The van der Waals surface area contributed by atoms with Crippen molar-refractivity contribution in [3.63, 3.8) is 0 Å². The maximum Gasteiger partial charge on any atom is 0.162 e. The maximum atomic E-state index is 12.6. The van der Waals surface area contributed by atoms with Crippen molar-refractivity contribution in [2.75, 3.05) is 5.32 Å². The molecule has 158 valence electrons. The number of rotatable bonds is 9. The van der Waals surface area contributed by atoms with Gasteiger partial charge < -0.3 is 5.32 Å². The van der Waals surface area contributed by atoms with Gasteiger partial charge in [-0.25, -0.2) is 0 Å². The van der Waals surface area contributed by atoms with Crippen LogP contribution in [0, 0.1) is 5.92 Å². The van der Waals surface area contributed by atoms with E-state index in [1.54, 1.807) is 6.20 Å². The molecule has 4 rings (SSSR count). The Hall–Kier alpha value is -3.20.